The molecule has 1 spiro atoms. The van der Waals surface area contributed by atoms with Gasteiger partial charge in [0.25, 0.3) is 5.91 Å². The highest BCUT2D eigenvalue weighted by Crippen LogP contribution is 2.44. The predicted molar refractivity (Wildman–Crippen MR) is 125 cm³/mol. The van der Waals surface area contributed by atoms with Gasteiger partial charge in [0.2, 0.25) is 0 Å². The first-order valence-electron chi connectivity index (χ1n) is 11.6. The molecule has 2 aromatic rings. The molecule has 2 saturated heterocycles. The van der Waals surface area contributed by atoms with Crippen LogP contribution in [0.25, 0.3) is 0 Å². The Bertz CT molecular complexity index is 907. The summed E-state index contributed by atoms with van der Waals surface area (Å²) in [5, 5.41) is 0. The lowest BCUT2D eigenvalue weighted by atomic mass is 9.81. The standard InChI is InChI=1S/C25H34N2O4S/c1-5-29-20-13-22(23-15-26-16-32-23)31-25(14-20)8-10-27(11-9-25)24(28)19-6-7-21(18(4)12-19)30-17(2)3/h6-7,12,15-17,20,22H,5,8-11,13-14H2,1-4H3/t20-,22-/m0/s1. The molecule has 1 aromatic carbocycles. The Morgan fingerprint density at radius 2 is 2.12 bits per heavy atom. The number of nitrogens with zero attached hydrogens (tertiary/aromatic N) is 2. The predicted octanol–water partition coefficient (Wildman–Crippen LogP) is 5.17. The highest BCUT2D eigenvalue weighted by Gasteiger charge is 2.45. The topological polar surface area (TPSA) is 60.9 Å². The van der Waals surface area contributed by atoms with Crippen LogP contribution in [-0.2, 0) is 9.47 Å². The molecular weight excluding hydrogens is 424 g/mol. The van der Waals surface area contributed by atoms with E-state index in [0.717, 1.165) is 41.9 Å². The number of amides is 1. The maximum Gasteiger partial charge on any atom is 0.253 e. The normalized spacial score (nSPS) is 23.0. The van der Waals surface area contributed by atoms with Crippen molar-refractivity contribution < 1.29 is 19.0 Å². The second kappa shape index (κ2) is 9.89. The first-order valence-corrected chi connectivity index (χ1v) is 12.5. The number of hydrogen-bond acceptors (Lipinski definition) is 6. The van der Waals surface area contributed by atoms with Gasteiger partial charge in [0.1, 0.15) is 5.75 Å². The van der Waals surface area contributed by atoms with Crippen molar-refractivity contribution in [2.45, 2.75) is 77.3 Å². The molecule has 4 rings (SSSR count). The van der Waals surface area contributed by atoms with Gasteiger partial charge in [-0.05, 0) is 64.3 Å². The van der Waals surface area contributed by atoms with Crippen LogP contribution in [0.15, 0.2) is 29.9 Å². The first-order chi connectivity index (χ1) is 15.4. The number of aryl methyl sites for hydroxylation is 1. The van der Waals surface area contributed by atoms with Crippen LogP contribution in [0.5, 0.6) is 5.75 Å². The SMILES string of the molecule is CCO[C@H]1C[C@@H](c2cncs2)OC2(CCN(C(=O)c3ccc(OC(C)C)c(C)c3)CC2)C1. The summed E-state index contributed by atoms with van der Waals surface area (Å²) in [6.45, 7) is 10.1. The molecule has 2 aliphatic heterocycles. The number of hydrogen-bond donors (Lipinski definition) is 0. The number of aromatic nitrogens is 1. The highest BCUT2D eigenvalue weighted by molar-refractivity contribution is 7.09. The van der Waals surface area contributed by atoms with E-state index in [0.29, 0.717) is 25.3 Å². The average molecular weight is 459 g/mol. The van der Waals surface area contributed by atoms with Gasteiger partial charge in [0, 0.05) is 44.3 Å². The van der Waals surface area contributed by atoms with Gasteiger partial charge in [-0.15, -0.1) is 11.3 Å². The monoisotopic (exact) mass is 458 g/mol. The Labute approximate surface area is 194 Å². The summed E-state index contributed by atoms with van der Waals surface area (Å²) in [5.41, 5.74) is 3.32. The summed E-state index contributed by atoms with van der Waals surface area (Å²) in [6.07, 6.45) is 5.62. The number of ether oxygens (including phenoxy) is 3. The lowest BCUT2D eigenvalue weighted by Gasteiger charge is -2.48. The zero-order valence-corrected chi connectivity index (χ0v) is 20.3. The second-order valence-electron chi connectivity index (χ2n) is 9.15. The Morgan fingerprint density at radius 3 is 2.75 bits per heavy atom. The van der Waals surface area contributed by atoms with Crippen LogP contribution in [0.2, 0.25) is 0 Å². The summed E-state index contributed by atoms with van der Waals surface area (Å²) in [5.74, 6) is 0.913. The van der Waals surface area contributed by atoms with E-state index in [4.69, 9.17) is 14.2 Å². The van der Waals surface area contributed by atoms with Crippen LogP contribution in [0.1, 0.15) is 73.4 Å². The van der Waals surface area contributed by atoms with Crippen LogP contribution >= 0.6 is 11.3 Å². The summed E-state index contributed by atoms with van der Waals surface area (Å²) in [6, 6.07) is 5.72. The minimum Gasteiger partial charge on any atom is -0.491 e. The number of benzene rings is 1. The second-order valence-corrected chi connectivity index (χ2v) is 10.1. The third kappa shape index (κ3) is 5.16. The first kappa shape index (κ1) is 23.2. The average Bonchev–Trinajstić information content (AvgIpc) is 3.30. The van der Waals surface area contributed by atoms with Crippen molar-refractivity contribution in [2.24, 2.45) is 0 Å². The Hall–Kier alpha value is -1.96. The number of rotatable bonds is 6. The molecule has 32 heavy (non-hydrogen) atoms. The minimum atomic E-state index is -0.242. The molecule has 6 nitrogen and oxygen atoms in total. The molecule has 2 fully saturated rings. The number of carbonyl (C=O) groups excluding carboxylic acids is 1. The Balaban J connectivity index is 1.43. The van der Waals surface area contributed by atoms with Crippen molar-refractivity contribution in [2.75, 3.05) is 19.7 Å². The summed E-state index contributed by atoms with van der Waals surface area (Å²) < 4.78 is 18.5. The molecule has 0 radical (unpaired) electrons. The van der Waals surface area contributed by atoms with Gasteiger partial charge in [0.15, 0.2) is 0 Å². The van der Waals surface area contributed by atoms with Crippen molar-refractivity contribution in [3.05, 3.63) is 45.9 Å². The molecular formula is C25H34N2O4S. The lowest BCUT2D eigenvalue weighted by Crippen LogP contribution is -2.52. The van der Waals surface area contributed by atoms with E-state index >= 15 is 0 Å². The van der Waals surface area contributed by atoms with Crippen molar-refractivity contribution >= 4 is 17.2 Å². The molecule has 2 atom stereocenters. The molecule has 2 aliphatic rings. The molecule has 174 valence electrons. The fourth-order valence-corrected chi connectivity index (χ4v) is 5.51. The van der Waals surface area contributed by atoms with Gasteiger partial charge >= 0.3 is 0 Å². The fraction of sp³-hybridized carbons (Fsp3) is 0.600. The molecule has 0 aliphatic carbocycles. The number of likely N-dealkylation sites (tertiary alicyclic amines) is 1. The quantitative estimate of drug-likeness (QED) is 0.598. The van der Waals surface area contributed by atoms with Crippen LogP contribution in [-0.4, -0.2) is 53.3 Å². The largest absolute Gasteiger partial charge is 0.491 e. The number of carbonyl (C=O) groups is 1. The van der Waals surface area contributed by atoms with Crippen molar-refractivity contribution in [3.63, 3.8) is 0 Å². The van der Waals surface area contributed by atoms with Crippen molar-refractivity contribution in [1.82, 2.24) is 9.88 Å². The van der Waals surface area contributed by atoms with E-state index in [1.54, 1.807) is 11.3 Å². The zero-order valence-electron chi connectivity index (χ0n) is 19.5. The number of thiazole rings is 1. The molecule has 3 heterocycles. The zero-order chi connectivity index (χ0) is 22.7. The third-order valence-electron chi connectivity index (χ3n) is 6.39. The van der Waals surface area contributed by atoms with E-state index in [-0.39, 0.29) is 29.8 Å². The highest BCUT2D eigenvalue weighted by atomic mass is 32.1. The van der Waals surface area contributed by atoms with Crippen LogP contribution in [0.3, 0.4) is 0 Å². The lowest BCUT2D eigenvalue weighted by molar-refractivity contribution is -0.189. The fourth-order valence-electron chi connectivity index (χ4n) is 4.85. The van der Waals surface area contributed by atoms with E-state index in [2.05, 4.69) is 4.98 Å². The third-order valence-corrected chi connectivity index (χ3v) is 7.25. The van der Waals surface area contributed by atoms with Crippen LogP contribution in [0, 0.1) is 6.92 Å². The smallest absolute Gasteiger partial charge is 0.253 e. The molecule has 0 saturated carbocycles. The maximum absolute atomic E-state index is 13.2. The summed E-state index contributed by atoms with van der Waals surface area (Å²) in [7, 11) is 0. The van der Waals surface area contributed by atoms with E-state index in [9.17, 15) is 4.79 Å². The van der Waals surface area contributed by atoms with Gasteiger partial charge in [0.05, 0.1) is 34.3 Å². The molecule has 1 aromatic heterocycles. The van der Waals surface area contributed by atoms with Gasteiger partial charge < -0.3 is 19.1 Å². The van der Waals surface area contributed by atoms with Crippen LogP contribution < -0.4 is 4.74 Å². The van der Waals surface area contributed by atoms with E-state index in [1.165, 1.54) is 0 Å². The maximum atomic E-state index is 13.2. The Kier molecular flexibility index (Phi) is 7.17. The summed E-state index contributed by atoms with van der Waals surface area (Å²) >= 11 is 1.64. The van der Waals surface area contributed by atoms with Gasteiger partial charge in [-0.1, -0.05) is 0 Å². The van der Waals surface area contributed by atoms with Crippen molar-refractivity contribution in [3.8, 4) is 5.75 Å². The van der Waals surface area contributed by atoms with E-state index in [1.807, 2.05) is 62.5 Å². The Morgan fingerprint density at radius 1 is 1.34 bits per heavy atom. The molecule has 1 amide bonds. The van der Waals surface area contributed by atoms with E-state index < -0.39 is 0 Å². The van der Waals surface area contributed by atoms with Crippen molar-refractivity contribution in [1.29, 1.82) is 0 Å². The minimum absolute atomic E-state index is 0.0196. The number of piperidine rings is 1. The molecule has 7 heteroatoms. The van der Waals surface area contributed by atoms with Gasteiger partial charge in [-0.2, -0.15) is 0 Å². The molecule has 0 unspecified atom stereocenters. The molecule has 0 bridgehead atoms. The van der Waals surface area contributed by atoms with Crippen LogP contribution in [0.4, 0.5) is 0 Å². The summed E-state index contributed by atoms with van der Waals surface area (Å²) in [4.78, 5) is 20.5. The van der Waals surface area contributed by atoms with Gasteiger partial charge in [-0.25, -0.2) is 0 Å². The van der Waals surface area contributed by atoms with Gasteiger partial charge in [-0.3, -0.25) is 9.78 Å². The molecule has 0 N–H and O–H groups in total.